The number of hydrogen-bond donors (Lipinski definition) is 0. The van der Waals surface area contributed by atoms with Crippen LogP contribution in [0.1, 0.15) is 64.6 Å². The molecule has 0 atom stereocenters. The summed E-state index contributed by atoms with van der Waals surface area (Å²) in [5.74, 6) is 2.58. The second-order valence-electron chi connectivity index (χ2n) is 17.3. The van der Waals surface area contributed by atoms with Crippen LogP contribution in [0.25, 0.3) is 5.57 Å². The number of rotatable bonds is 5. The largest absolute Gasteiger partial charge is 0.488 e. The SMILES string of the molecule is COC(=O)CN1CCOCCN(CC(=O)OC)c2ccc(C3=c4cc5c6c(c4Oc4c3cc3c7c4CCCN7CCC3)CCC[N+]=6CCC5)cc2OCCOc2cc(C)ccc21. The molecule has 4 aromatic rings. The average Bonchev–Trinajstić information content (AvgIpc) is 3.29. The second-order valence-corrected chi connectivity index (χ2v) is 17.3. The maximum Gasteiger partial charge on any atom is 0.325 e. The number of fused-ring (bicyclic) bond motifs is 6. The van der Waals surface area contributed by atoms with Crippen molar-refractivity contribution < 1.29 is 38.0 Å². The molecule has 0 saturated heterocycles. The van der Waals surface area contributed by atoms with E-state index in [1.807, 2.05) is 34.9 Å². The van der Waals surface area contributed by atoms with E-state index in [1.54, 1.807) is 0 Å². The molecule has 0 saturated carbocycles. The van der Waals surface area contributed by atoms with Crippen LogP contribution in [0.3, 0.4) is 0 Å². The molecule has 0 spiro atoms. The fourth-order valence-corrected chi connectivity index (χ4v) is 10.6. The maximum atomic E-state index is 13.0. The molecule has 6 aliphatic heterocycles. The van der Waals surface area contributed by atoms with Crippen molar-refractivity contribution >= 4 is 34.6 Å². The molecule has 0 amide bonds. The van der Waals surface area contributed by atoms with Gasteiger partial charge in [0.05, 0.1) is 44.4 Å². The molecule has 12 nitrogen and oxygen atoms in total. The van der Waals surface area contributed by atoms with E-state index in [-0.39, 0.29) is 38.2 Å². The number of anilines is 3. The van der Waals surface area contributed by atoms with E-state index in [9.17, 15) is 9.59 Å². The van der Waals surface area contributed by atoms with Crippen LogP contribution in [0.15, 0.2) is 48.5 Å². The third-order valence-corrected chi connectivity index (χ3v) is 13.4. The van der Waals surface area contributed by atoms with Crippen LogP contribution in [-0.2, 0) is 49.5 Å². The van der Waals surface area contributed by atoms with Crippen molar-refractivity contribution in [2.24, 2.45) is 0 Å². The van der Waals surface area contributed by atoms with Gasteiger partial charge in [0.25, 0.3) is 0 Å². The fourth-order valence-electron chi connectivity index (χ4n) is 10.6. The monoisotopic (exact) mass is 841 g/mol. The Kier molecular flexibility index (Phi) is 11.2. The lowest BCUT2D eigenvalue weighted by Gasteiger charge is -2.39. The minimum Gasteiger partial charge on any atom is -0.488 e. The predicted molar refractivity (Wildman–Crippen MR) is 238 cm³/mol. The van der Waals surface area contributed by atoms with Gasteiger partial charge in [0.1, 0.15) is 62.4 Å². The van der Waals surface area contributed by atoms with Crippen molar-refractivity contribution in [1.29, 1.82) is 0 Å². The molecule has 0 bridgehead atoms. The second kappa shape index (κ2) is 17.2. The minimum absolute atomic E-state index is 0.0132. The molecule has 0 aromatic heterocycles. The summed E-state index contributed by atoms with van der Waals surface area (Å²) in [5.41, 5.74) is 12.8. The first-order valence-corrected chi connectivity index (χ1v) is 22.5. The molecule has 324 valence electrons. The van der Waals surface area contributed by atoms with Gasteiger partial charge in [-0.1, -0.05) is 12.1 Å². The summed E-state index contributed by atoms with van der Waals surface area (Å²) < 4.78 is 39.6. The number of esters is 2. The molecular formula is C50H57N4O8+. The molecule has 62 heavy (non-hydrogen) atoms. The van der Waals surface area contributed by atoms with Gasteiger partial charge in [0.2, 0.25) is 5.36 Å². The van der Waals surface area contributed by atoms with Gasteiger partial charge >= 0.3 is 11.9 Å². The average molecular weight is 842 g/mol. The van der Waals surface area contributed by atoms with Crippen LogP contribution in [0.5, 0.6) is 23.0 Å². The molecule has 10 rings (SSSR count). The predicted octanol–water partition coefficient (Wildman–Crippen LogP) is 4.88. The third-order valence-electron chi connectivity index (χ3n) is 13.4. The van der Waals surface area contributed by atoms with Gasteiger partial charge in [-0.2, -0.15) is 0 Å². The van der Waals surface area contributed by atoms with E-state index in [4.69, 9.17) is 28.4 Å². The maximum absolute atomic E-state index is 13.0. The lowest BCUT2D eigenvalue weighted by Crippen LogP contribution is -2.45. The number of nitrogens with zero attached hydrogens (tertiary/aromatic N) is 4. The number of methoxy groups -OCH3 is 2. The molecule has 12 heteroatoms. The first kappa shape index (κ1) is 40.3. The Morgan fingerprint density at radius 2 is 1.32 bits per heavy atom. The zero-order valence-electron chi connectivity index (χ0n) is 36.3. The molecule has 6 aliphatic rings. The van der Waals surface area contributed by atoms with E-state index < -0.39 is 0 Å². The molecular weight excluding hydrogens is 785 g/mol. The van der Waals surface area contributed by atoms with Crippen molar-refractivity contribution in [2.75, 3.05) is 108 Å². The number of aryl methyl sites for hydroxylation is 3. The van der Waals surface area contributed by atoms with Crippen molar-refractivity contribution in [3.8, 4) is 23.0 Å². The van der Waals surface area contributed by atoms with Gasteiger partial charge in [-0.15, -0.1) is 0 Å². The number of carbonyl (C=O) groups excluding carboxylic acids is 2. The Bertz CT molecular complexity index is 2560. The molecule has 0 radical (unpaired) electrons. The first-order valence-electron chi connectivity index (χ1n) is 22.5. The third kappa shape index (κ3) is 7.50. The topological polar surface area (TPSA) is 102 Å². The van der Waals surface area contributed by atoms with Gasteiger partial charge in [-0.25, -0.2) is 4.58 Å². The van der Waals surface area contributed by atoms with Crippen LogP contribution >= 0.6 is 0 Å². The summed E-state index contributed by atoms with van der Waals surface area (Å²) in [6.07, 6.45) is 8.62. The smallest absolute Gasteiger partial charge is 0.325 e. The molecule has 0 fully saturated rings. The van der Waals surface area contributed by atoms with E-state index in [1.165, 1.54) is 53.1 Å². The molecule has 6 heterocycles. The summed E-state index contributed by atoms with van der Waals surface area (Å²) in [6, 6.07) is 17.2. The highest BCUT2D eigenvalue weighted by Gasteiger charge is 2.36. The summed E-state index contributed by atoms with van der Waals surface area (Å²) >= 11 is 0. The van der Waals surface area contributed by atoms with Gasteiger partial charge in [-0.05, 0) is 98.5 Å². The number of hydrogen-bond acceptors (Lipinski definition) is 11. The first-order chi connectivity index (χ1) is 30.4. The lowest BCUT2D eigenvalue weighted by molar-refractivity contribution is -0.139. The standard InChI is InChI=1S/C50H57N4O8/c1-32-12-14-40-42(26-32)60-24-25-61-43-29-33(13-15-41(43)54(31-45(56)58-3)21-23-59-22-20-53(40)30-44(55)57-2)46-38-27-34-8-4-16-51-18-6-10-36(47(34)51)49(38)62-50-37-11-7-19-52-17-5-9-35(48(37)52)28-39(46)50/h12-15,26-29H,4-11,16-25,30-31H2,1-3H3/q+1. The molecule has 4 aromatic carbocycles. The Morgan fingerprint density at radius 3 is 2.05 bits per heavy atom. The lowest BCUT2D eigenvalue weighted by atomic mass is 9.82. The number of benzene rings is 4. The van der Waals surface area contributed by atoms with Crippen LogP contribution in [0.2, 0.25) is 0 Å². The molecule has 0 unspecified atom stereocenters. The zero-order chi connectivity index (χ0) is 42.3. The highest BCUT2D eigenvalue weighted by atomic mass is 16.5. The highest BCUT2D eigenvalue weighted by molar-refractivity contribution is 5.90. The van der Waals surface area contributed by atoms with E-state index in [0.29, 0.717) is 37.8 Å². The van der Waals surface area contributed by atoms with Crippen molar-refractivity contribution in [1.82, 2.24) is 4.58 Å². The number of carbonyl (C=O) groups is 2. The van der Waals surface area contributed by atoms with Crippen LogP contribution in [0, 0.1) is 6.92 Å². The Labute approximate surface area is 363 Å². The summed E-state index contributed by atoms with van der Waals surface area (Å²) in [7, 11) is 2.80. The van der Waals surface area contributed by atoms with Crippen molar-refractivity contribution in [3.05, 3.63) is 98.1 Å². The quantitative estimate of drug-likeness (QED) is 0.179. The zero-order valence-corrected chi connectivity index (χ0v) is 36.3. The van der Waals surface area contributed by atoms with Gasteiger partial charge in [0.15, 0.2) is 0 Å². The summed E-state index contributed by atoms with van der Waals surface area (Å²) in [6.45, 7) is 8.42. The molecule has 0 aliphatic carbocycles. The minimum atomic E-state index is -0.362. The fraction of sp³-hybridized carbons (Fsp3) is 0.460. The Hall–Kier alpha value is -5.75. The molecule has 0 N–H and O–H groups in total. The van der Waals surface area contributed by atoms with Gasteiger partial charge < -0.3 is 43.1 Å². The highest BCUT2D eigenvalue weighted by Crippen LogP contribution is 2.49. The van der Waals surface area contributed by atoms with Gasteiger partial charge in [0, 0.05) is 72.2 Å². The van der Waals surface area contributed by atoms with Crippen molar-refractivity contribution in [3.63, 3.8) is 0 Å². The van der Waals surface area contributed by atoms with Crippen LogP contribution in [-0.4, -0.2) is 105 Å². The summed E-state index contributed by atoms with van der Waals surface area (Å²) in [4.78, 5) is 32.0. The van der Waals surface area contributed by atoms with Crippen LogP contribution < -0.4 is 44.1 Å². The van der Waals surface area contributed by atoms with E-state index >= 15 is 0 Å². The number of ether oxygens (including phenoxy) is 6. The van der Waals surface area contributed by atoms with Gasteiger partial charge in [-0.3, -0.25) is 9.59 Å². The van der Waals surface area contributed by atoms with E-state index in [0.717, 1.165) is 122 Å². The van der Waals surface area contributed by atoms with Crippen molar-refractivity contribution in [2.45, 2.75) is 58.3 Å². The van der Waals surface area contributed by atoms with E-state index in [2.05, 4.69) is 39.8 Å². The Morgan fingerprint density at radius 1 is 0.677 bits per heavy atom. The Balaban J connectivity index is 1.12. The normalized spacial score (nSPS) is 18.1. The summed E-state index contributed by atoms with van der Waals surface area (Å²) in [5, 5.41) is 2.54. The van der Waals surface area contributed by atoms with Crippen LogP contribution in [0.4, 0.5) is 17.1 Å².